The standard InChI is InChI=1S/C20H19ClN2O/c1-20(2,3)16-11-8-15(9-12-16)19-23-22-18(24-19)13-10-14-6-4-5-7-17(14)21/h4-13H,1-3H3/b13-10+. The second kappa shape index (κ2) is 6.62. The molecule has 122 valence electrons. The van der Waals surface area contributed by atoms with Crippen molar-refractivity contribution in [3.63, 3.8) is 0 Å². The molecule has 0 atom stereocenters. The minimum Gasteiger partial charge on any atom is -0.417 e. The van der Waals surface area contributed by atoms with Crippen molar-refractivity contribution in [3.05, 3.63) is 70.6 Å². The normalized spacial score (nSPS) is 12.0. The van der Waals surface area contributed by atoms with Crippen LogP contribution in [-0.2, 0) is 5.41 Å². The van der Waals surface area contributed by atoms with Gasteiger partial charge in [0.1, 0.15) is 0 Å². The SMILES string of the molecule is CC(C)(C)c1ccc(-c2nnc(/C=C/c3ccccc3Cl)o2)cc1. The van der Waals surface area contributed by atoms with Crippen molar-refractivity contribution in [2.75, 3.05) is 0 Å². The highest BCUT2D eigenvalue weighted by atomic mass is 35.5. The highest BCUT2D eigenvalue weighted by molar-refractivity contribution is 6.32. The fraction of sp³-hybridized carbons (Fsp3) is 0.200. The Morgan fingerprint density at radius 2 is 1.62 bits per heavy atom. The molecule has 0 fully saturated rings. The molecule has 0 amide bonds. The molecule has 0 N–H and O–H groups in total. The van der Waals surface area contributed by atoms with Crippen molar-refractivity contribution < 1.29 is 4.42 Å². The quantitative estimate of drug-likeness (QED) is 0.600. The van der Waals surface area contributed by atoms with Gasteiger partial charge in [0.25, 0.3) is 0 Å². The molecule has 0 saturated carbocycles. The molecule has 4 heteroatoms. The summed E-state index contributed by atoms with van der Waals surface area (Å²) in [5.74, 6) is 0.957. The Morgan fingerprint density at radius 3 is 2.29 bits per heavy atom. The maximum Gasteiger partial charge on any atom is 0.248 e. The number of hydrogen-bond donors (Lipinski definition) is 0. The van der Waals surface area contributed by atoms with E-state index in [1.807, 2.05) is 42.5 Å². The van der Waals surface area contributed by atoms with E-state index in [9.17, 15) is 0 Å². The van der Waals surface area contributed by atoms with Crippen LogP contribution in [-0.4, -0.2) is 10.2 Å². The van der Waals surface area contributed by atoms with Gasteiger partial charge in [-0.25, -0.2) is 0 Å². The van der Waals surface area contributed by atoms with Gasteiger partial charge < -0.3 is 4.42 Å². The number of benzene rings is 2. The second-order valence-corrected chi connectivity index (χ2v) is 7.03. The molecule has 2 aromatic carbocycles. The van der Waals surface area contributed by atoms with Gasteiger partial charge in [0.05, 0.1) is 0 Å². The lowest BCUT2D eigenvalue weighted by atomic mass is 9.87. The molecule has 1 heterocycles. The van der Waals surface area contributed by atoms with Crippen LogP contribution in [0.2, 0.25) is 5.02 Å². The van der Waals surface area contributed by atoms with Crippen LogP contribution in [0.4, 0.5) is 0 Å². The lowest BCUT2D eigenvalue weighted by Crippen LogP contribution is -2.10. The molecular formula is C20H19ClN2O. The van der Waals surface area contributed by atoms with Crippen LogP contribution in [0.15, 0.2) is 52.9 Å². The Kier molecular flexibility index (Phi) is 4.54. The first-order chi connectivity index (χ1) is 11.4. The Bertz CT molecular complexity index is 858. The van der Waals surface area contributed by atoms with E-state index in [1.165, 1.54) is 5.56 Å². The average molecular weight is 339 g/mol. The number of halogens is 1. The molecule has 0 unspecified atom stereocenters. The summed E-state index contributed by atoms with van der Waals surface area (Å²) in [6, 6.07) is 15.8. The molecule has 0 bridgehead atoms. The summed E-state index contributed by atoms with van der Waals surface area (Å²) in [4.78, 5) is 0. The van der Waals surface area contributed by atoms with Crippen LogP contribution in [0.5, 0.6) is 0 Å². The van der Waals surface area contributed by atoms with Crippen LogP contribution in [0.3, 0.4) is 0 Å². The smallest absolute Gasteiger partial charge is 0.248 e. The summed E-state index contributed by atoms with van der Waals surface area (Å²) >= 11 is 6.13. The van der Waals surface area contributed by atoms with Crippen LogP contribution in [0.25, 0.3) is 23.6 Å². The van der Waals surface area contributed by atoms with E-state index >= 15 is 0 Å². The number of aromatic nitrogens is 2. The van der Waals surface area contributed by atoms with Crippen LogP contribution in [0, 0.1) is 0 Å². The zero-order valence-corrected chi connectivity index (χ0v) is 14.7. The Hall–Kier alpha value is -2.39. The topological polar surface area (TPSA) is 38.9 Å². The van der Waals surface area contributed by atoms with Crippen molar-refractivity contribution in [2.24, 2.45) is 0 Å². The monoisotopic (exact) mass is 338 g/mol. The maximum absolute atomic E-state index is 6.13. The van der Waals surface area contributed by atoms with E-state index in [0.717, 1.165) is 11.1 Å². The zero-order chi connectivity index (χ0) is 17.2. The van der Waals surface area contributed by atoms with Crippen molar-refractivity contribution in [2.45, 2.75) is 26.2 Å². The first-order valence-electron chi connectivity index (χ1n) is 7.80. The molecule has 0 spiro atoms. The Labute approximate surface area is 147 Å². The summed E-state index contributed by atoms with van der Waals surface area (Å²) in [5.41, 5.74) is 3.21. The zero-order valence-electron chi connectivity index (χ0n) is 14.0. The van der Waals surface area contributed by atoms with Crippen LogP contribution in [0.1, 0.15) is 37.8 Å². The molecule has 0 aliphatic carbocycles. The molecule has 0 aliphatic rings. The first-order valence-corrected chi connectivity index (χ1v) is 8.18. The van der Waals surface area contributed by atoms with Gasteiger partial charge in [0.2, 0.25) is 11.8 Å². The van der Waals surface area contributed by atoms with E-state index < -0.39 is 0 Å². The van der Waals surface area contributed by atoms with Gasteiger partial charge in [-0.2, -0.15) is 0 Å². The van der Waals surface area contributed by atoms with E-state index in [1.54, 1.807) is 6.08 Å². The van der Waals surface area contributed by atoms with Gasteiger partial charge in [0, 0.05) is 16.7 Å². The van der Waals surface area contributed by atoms with Gasteiger partial charge >= 0.3 is 0 Å². The minimum absolute atomic E-state index is 0.121. The predicted octanol–water partition coefficient (Wildman–Crippen LogP) is 5.86. The molecule has 3 rings (SSSR count). The third kappa shape index (κ3) is 3.74. The third-order valence-corrected chi connectivity index (χ3v) is 4.09. The highest BCUT2D eigenvalue weighted by Gasteiger charge is 2.14. The number of nitrogens with zero attached hydrogens (tertiary/aromatic N) is 2. The van der Waals surface area contributed by atoms with Crippen molar-refractivity contribution >= 4 is 23.8 Å². The first kappa shape index (κ1) is 16.5. The third-order valence-electron chi connectivity index (χ3n) is 3.75. The number of rotatable bonds is 3. The maximum atomic E-state index is 6.13. The Morgan fingerprint density at radius 1 is 0.917 bits per heavy atom. The van der Waals surface area contributed by atoms with Gasteiger partial charge in [-0.1, -0.05) is 62.7 Å². The molecule has 1 aromatic heterocycles. The van der Waals surface area contributed by atoms with E-state index in [0.29, 0.717) is 16.8 Å². The second-order valence-electron chi connectivity index (χ2n) is 6.63. The fourth-order valence-electron chi connectivity index (χ4n) is 2.30. The molecule has 24 heavy (non-hydrogen) atoms. The molecule has 0 radical (unpaired) electrons. The van der Waals surface area contributed by atoms with Crippen LogP contribution < -0.4 is 0 Å². The van der Waals surface area contributed by atoms with E-state index in [4.69, 9.17) is 16.0 Å². The molecule has 3 aromatic rings. The summed E-state index contributed by atoms with van der Waals surface area (Å²) in [6.45, 7) is 6.56. The molecule has 0 saturated heterocycles. The van der Waals surface area contributed by atoms with Gasteiger partial charge in [-0.05, 0) is 40.8 Å². The largest absolute Gasteiger partial charge is 0.417 e. The summed E-state index contributed by atoms with van der Waals surface area (Å²) in [6.07, 6.45) is 3.63. The highest BCUT2D eigenvalue weighted by Crippen LogP contribution is 2.26. The van der Waals surface area contributed by atoms with E-state index in [2.05, 4.69) is 43.1 Å². The molecular weight excluding hydrogens is 320 g/mol. The van der Waals surface area contributed by atoms with Crippen molar-refractivity contribution in [1.82, 2.24) is 10.2 Å². The van der Waals surface area contributed by atoms with Gasteiger partial charge in [-0.15, -0.1) is 10.2 Å². The lowest BCUT2D eigenvalue weighted by Gasteiger charge is -2.18. The van der Waals surface area contributed by atoms with Crippen molar-refractivity contribution in [1.29, 1.82) is 0 Å². The van der Waals surface area contributed by atoms with Gasteiger partial charge in [-0.3, -0.25) is 0 Å². The summed E-state index contributed by atoms with van der Waals surface area (Å²) in [7, 11) is 0. The van der Waals surface area contributed by atoms with Gasteiger partial charge in [0.15, 0.2) is 0 Å². The van der Waals surface area contributed by atoms with Crippen molar-refractivity contribution in [3.8, 4) is 11.5 Å². The fourth-order valence-corrected chi connectivity index (χ4v) is 2.50. The summed E-state index contributed by atoms with van der Waals surface area (Å²) < 4.78 is 5.70. The average Bonchev–Trinajstić information content (AvgIpc) is 3.02. The predicted molar refractivity (Wildman–Crippen MR) is 98.8 cm³/mol. The lowest BCUT2D eigenvalue weighted by molar-refractivity contribution is 0.557. The van der Waals surface area contributed by atoms with E-state index in [-0.39, 0.29) is 5.41 Å². The molecule has 3 nitrogen and oxygen atoms in total. The Balaban J connectivity index is 1.80. The molecule has 0 aliphatic heterocycles. The van der Waals surface area contributed by atoms with Crippen LogP contribution >= 0.6 is 11.6 Å². The number of hydrogen-bond acceptors (Lipinski definition) is 3. The summed E-state index contributed by atoms with van der Waals surface area (Å²) in [5, 5.41) is 8.86. The minimum atomic E-state index is 0.121.